The van der Waals surface area contributed by atoms with Crippen molar-refractivity contribution >= 4 is 35.0 Å². The summed E-state index contributed by atoms with van der Waals surface area (Å²) in [5.41, 5.74) is 3.59. The first-order valence-electron chi connectivity index (χ1n) is 7.57. The summed E-state index contributed by atoms with van der Waals surface area (Å²) in [5.74, 6) is 0.00526. The van der Waals surface area contributed by atoms with Crippen molar-refractivity contribution in [2.75, 3.05) is 11.1 Å². The average Bonchev–Trinajstić information content (AvgIpc) is 3.04. The molecular weight excluding hydrogens is 358 g/mol. The smallest absolute Gasteiger partial charge is 0.234 e. The number of hydrogen-bond donors (Lipinski definition) is 1. The second kappa shape index (κ2) is 7.67. The number of tetrazole rings is 1. The molecule has 0 saturated carbocycles. The Morgan fingerprint density at radius 1 is 1.20 bits per heavy atom. The van der Waals surface area contributed by atoms with Crippen LogP contribution in [0.4, 0.5) is 5.69 Å². The summed E-state index contributed by atoms with van der Waals surface area (Å²) in [7, 11) is 0. The Balaban J connectivity index is 1.66. The summed E-state index contributed by atoms with van der Waals surface area (Å²) in [4.78, 5) is 12.2. The lowest BCUT2D eigenvalue weighted by Crippen LogP contribution is -2.15. The molecular formula is C17H16ClN5OS. The van der Waals surface area contributed by atoms with E-state index in [0.29, 0.717) is 15.9 Å². The molecule has 1 amide bonds. The number of halogens is 1. The average molecular weight is 374 g/mol. The summed E-state index contributed by atoms with van der Waals surface area (Å²) >= 11 is 7.40. The van der Waals surface area contributed by atoms with Crippen molar-refractivity contribution in [1.29, 1.82) is 0 Å². The normalized spacial score (nSPS) is 10.7. The molecule has 1 heterocycles. The van der Waals surface area contributed by atoms with Crippen LogP contribution in [0.2, 0.25) is 5.02 Å². The van der Waals surface area contributed by atoms with E-state index >= 15 is 0 Å². The number of benzene rings is 2. The number of thioether (sulfide) groups is 1. The molecule has 0 spiro atoms. The first-order chi connectivity index (χ1) is 12.0. The largest absolute Gasteiger partial charge is 0.324 e. The van der Waals surface area contributed by atoms with Crippen LogP contribution in [0.25, 0.3) is 5.69 Å². The van der Waals surface area contributed by atoms with Crippen LogP contribution < -0.4 is 5.32 Å². The van der Waals surface area contributed by atoms with E-state index < -0.39 is 0 Å². The number of anilines is 1. The van der Waals surface area contributed by atoms with Crippen LogP contribution >= 0.6 is 23.4 Å². The lowest BCUT2D eigenvalue weighted by molar-refractivity contribution is -0.113. The number of rotatable bonds is 5. The van der Waals surface area contributed by atoms with Crippen LogP contribution in [0.3, 0.4) is 0 Å². The third-order valence-corrected chi connectivity index (χ3v) is 4.65. The molecule has 0 bridgehead atoms. The van der Waals surface area contributed by atoms with Gasteiger partial charge in [0.05, 0.1) is 22.2 Å². The molecule has 0 radical (unpaired) electrons. The minimum Gasteiger partial charge on any atom is -0.324 e. The van der Waals surface area contributed by atoms with E-state index in [1.54, 1.807) is 10.7 Å². The Labute approximate surface area is 154 Å². The number of nitrogens with zero attached hydrogens (tertiary/aromatic N) is 4. The maximum absolute atomic E-state index is 12.2. The highest BCUT2D eigenvalue weighted by Crippen LogP contribution is 2.24. The number of aryl methyl sites for hydroxylation is 2. The van der Waals surface area contributed by atoms with E-state index in [1.807, 2.05) is 50.2 Å². The Morgan fingerprint density at radius 3 is 2.76 bits per heavy atom. The third kappa shape index (κ3) is 4.37. The predicted octanol–water partition coefficient (Wildman–Crippen LogP) is 3.66. The molecule has 128 valence electrons. The number of nitrogens with one attached hydrogen (secondary N) is 1. The van der Waals surface area contributed by atoms with Gasteiger partial charge in [-0.2, -0.15) is 4.68 Å². The van der Waals surface area contributed by atoms with Crippen LogP contribution in [0.1, 0.15) is 11.1 Å². The van der Waals surface area contributed by atoms with E-state index in [1.165, 1.54) is 11.8 Å². The summed E-state index contributed by atoms with van der Waals surface area (Å²) in [6.07, 6.45) is 0. The second-order valence-electron chi connectivity index (χ2n) is 5.53. The molecule has 3 aromatic rings. The van der Waals surface area contributed by atoms with Crippen molar-refractivity contribution in [1.82, 2.24) is 20.2 Å². The molecule has 0 unspecified atom stereocenters. The van der Waals surface area contributed by atoms with Gasteiger partial charge in [0.1, 0.15) is 0 Å². The summed E-state index contributed by atoms with van der Waals surface area (Å²) in [6, 6.07) is 13.3. The van der Waals surface area contributed by atoms with Gasteiger partial charge in [-0.25, -0.2) is 0 Å². The van der Waals surface area contributed by atoms with Crippen LogP contribution in [-0.4, -0.2) is 31.9 Å². The molecule has 0 aliphatic heterocycles. The highest BCUT2D eigenvalue weighted by molar-refractivity contribution is 7.99. The van der Waals surface area contributed by atoms with Crippen molar-refractivity contribution in [3.63, 3.8) is 0 Å². The van der Waals surface area contributed by atoms with Gasteiger partial charge in [-0.1, -0.05) is 41.6 Å². The van der Waals surface area contributed by atoms with Gasteiger partial charge in [0.15, 0.2) is 0 Å². The van der Waals surface area contributed by atoms with Crippen molar-refractivity contribution < 1.29 is 4.79 Å². The first kappa shape index (κ1) is 17.4. The second-order valence-corrected chi connectivity index (χ2v) is 6.88. The van der Waals surface area contributed by atoms with Gasteiger partial charge in [-0.3, -0.25) is 4.79 Å². The van der Waals surface area contributed by atoms with Gasteiger partial charge < -0.3 is 5.32 Å². The van der Waals surface area contributed by atoms with Gasteiger partial charge >= 0.3 is 0 Å². The highest BCUT2D eigenvalue weighted by Gasteiger charge is 2.12. The van der Waals surface area contributed by atoms with Crippen molar-refractivity contribution in [3.05, 3.63) is 58.6 Å². The molecule has 6 nitrogen and oxygen atoms in total. The summed E-state index contributed by atoms with van der Waals surface area (Å²) < 4.78 is 1.61. The number of amides is 1. The molecule has 0 atom stereocenters. The van der Waals surface area contributed by atoms with E-state index in [2.05, 4.69) is 20.8 Å². The molecule has 1 N–H and O–H groups in total. The monoisotopic (exact) mass is 373 g/mol. The maximum atomic E-state index is 12.2. The minimum absolute atomic E-state index is 0.172. The molecule has 8 heteroatoms. The topological polar surface area (TPSA) is 72.7 Å². The highest BCUT2D eigenvalue weighted by atomic mass is 35.5. The fraction of sp³-hybridized carbons (Fsp3) is 0.176. The van der Waals surface area contributed by atoms with E-state index in [-0.39, 0.29) is 11.7 Å². The van der Waals surface area contributed by atoms with Crippen LogP contribution in [-0.2, 0) is 4.79 Å². The Kier molecular flexibility index (Phi) is 5.35. The molecule has 0 saturated heterocycles. The minimum atomic E-state index is -0.172. The van der Waals surface area contributed by atoms with Gasteiger partial charge in [0.25, 0.3) is 0 Å². The molecule has 0 aliphatic carbocycles. The Morgan fingerprint density at radius 2 is 2.00 bits per heavy atom. The van der Waals surface area contributed by atoms with Gasteiger partial charge in [0.2, 0.25) is 11.1 Å². The Bertz CT molecular complexity index is 912. The van der Waals surface area contributed by atoms with Crippen molar-refractivity contribution in [2.45, 2.75) is 19.0 Å². The number of carbonyl (C=O) groups is 1. The Hall–Kier alpha value is -2.38. The number of carbonyl (C=O) groups excluding carboxylic acids is 1. The zero-order chi connectivity index (χ0) is 17.8. The number of hydrogen-bond acceptors (Lipinski definition) is 5. The number of aromatic nitrogens is 4. The zero-order valence-electron chi connectivity index (χ0n) is 13.7. The quantitative estimate of drug-likeness (QED) is 0.691. The predicted molar refractivity (Wildman–Crippen MR) is 99.4 cm³/mol. The summed E-state index contributed by atoms with van der Waals surface area (Å²) in [5, 5.41) is 15.6. The lowest BCUT2D eigenvalue weighted by Gasteiger charge is -2.08. The van der Waals surface area contributed by atoms with E-state index in [9.17, 15) is 4.79 Å². The SMILES string of the molecule is Cc1cccc(-n2nnnc2SCC(=O)Nc2ccc(C)cc2Cl)c1. The van der Waals surface area contributed by atoms with Crippen molar-refractivity contribution in [3.8, 4) is 5.69 Å². The van der Waals surface area contributed by atoms with Crippen LogP contribution in [0.5, 0.6) is 0 Å². The summed E-state index contributed by atoms with van der Waals surface area (Å²) in [6.45, 7) is 3.94. The molecule has 0 fully saturated rings. The molecule has 0 aliphatic rings. The standard InChI is InChI=1S/C17H16ClN5OS/c1-11-4-3-5-13(8-11)23-17(20-21-22-23)25-10-16(24)19-15-7-6-12(2)9-14(15)18/h3-9H,10H2,1-2H3,(H,19,24). The van der Waals surface area contributed by atoms with Gasteiger partial charge in [0, 0.05) is 0 Å². The van der Waals surface area contributed by atoms with Crippen molar-refractivity contribution in [2.24, 2.45) is 0 Å². The fourth-order valence-electron chi connectivity index (χ4n) is 2.23. The molecule has 25 heavy (non-hydrogen) atoms. The third-order valence-electron chi connectivity index (χ3n) is 3.42. The maximum Gasteiger partial charge on any atom is 0.234 e. The molecule has 1 aromatic heterocycles. The fourth-order valence-corrected chi connectivity index (χ4v) is 3.20. The lowest BCUT2D eigenvalue weighted by atomic mass is 10.2. The van der Waals surface area contributed by atoms with E-state index in [4.69, 9.17) is 11.6 Å². The zero-order valence-corrected chi connectivity index (χ0v) is 15.3. The first-order valence-corrected chi connectivity index (χ1v) is 8.93. The van der Waals surface area contributed by atoms with Crippen LogP contribution in [0, 0.1) is 13.8 Å². The molecule has 3 rings (SSSR count). The van der Waals surface area contributed by atoms with Gasteiger partial charge in [-0.15, -0.1) is 5.10 Å². The van der Waals surface area contributed by atoms with Gasteiger partial charge in [-0.05, 0) is 59.7 Å². The van der Waals surface area contributed by atoms with E-state index in [0.717, 1.165) is 16.8 Å². The molecule has 2 aromatic carbocycles. The van der Waals surface area contributed by atoms with Crippen LogP contribution in [0.15, 0.2) is 47.6 Å².